The summed E-state index contributed by atoms with van der Waals surface area (Å²) in [4.78, 5) is 10.5. The van der Waals surface area contributed by atoms with Gasteiger partial charge < -0.3 is 4.74 Å². The van der Waals surface area contributed by atoms with Crippen molar-refractivity contribution in [1.29, 1.82) is 0 Å². The molecule has 116 valence electrons. The molecule has 7 nitrogen and oxygen atoms in total. The number of rotatable bonds is 6. The number of nitro benzene ring substituents is 1. The van der Waals surface area contributed by atoms with E-state index in [0.717, 1.165) is 5.56 Å². The lowest BCUT2D eigenvalue weighted by Gasteiger charge is -2.04. The highest BCUT2D eigenvalue weighted by atomic mass is 16.6. The van der Waals surface area contributed by atoms with Gasteiger partial charge in [0.15, 0.2) is 5.75 Å². The number of hydrogen-bond donors (Lipinski definition) is 0. The van der Waals surface area contributed by atoms with Gasteiger partial charge in [-0.2, -0.15) is 0 Å². The highest BCUT2D eigenvalue weighted by molar-refractivity contribution is 5.45. The number of hydrogen-bond acceptors (Lipinski definition) is 5. The Kier molecular flexibility index (Phi) is 4.28. The average Bonchev–Trinajstić information content (AvgIpc) is 3.01. The number of ether oxygens (including phenoxy) is 1. The van der Waals surface area contributed by atoms with E-state index in [2.05, 4.69) is 10.3 Å². The number of nitrogens with zero attached hydrogens (tertiary/aromatic N) is 4. The SMILES string of the molecule is O=[N+]([O-])c1ccccc1OCc1cn(Cc2ccccc2)nn1. The van der Waals surface area contributed by atoms with E-state index < -0.39 is 4.92 Å². The standard InChI is InChI=1S/C16H14N4O3/c21-20(22)15-8-4-5-9-16(15)23-12-14-11-19(18-17-14)10-13-6-2-1-3-7-13/h1-9,11H,10,12H2. The zero-order chi connectivity index (χ0) is 16.1. The van der Waals surface area contributed by atoms with E-state index in [4.69, 9.17) is 4.74 Å². The van der Waals surface area contributed by atoms with Crippen molar-refractivity contribution in [2.45, 2.75) is 13.2 Å². The lowest BCUT2D eigenvalue weighted by molar-refractivity contribution is -0.385. The molecular formula is C16H14N4O3. The fraction of sp³-hybridized carbons (Fsp3) is 0.125. The van der Waals surface area contributed by atoms with Gasteiger partial charge in [0.2, 0.25) is 0 Å². The van der Waals surface area contributed by atoms with Crippen molar-refractivity contribution >= 4 is 5.69 Å². The first-order valence-electron chi connectivity index (χ1n) is 7.01. The Morgan fingerprint density at radius 2 is 1.83 bits per heavy atom. The minimum Gasteiger partial charge on any atom is -0.480 e. The van der Waals surface area contributed by atoms with E-state index in [1.54, 1.807) is 29.1 Å². The summed E-state index contributed by atoms with van der Waals surface area (Å²) in [7, 11) is 0. The fourth-order valence-electron chi connectivity index (χ4n) is 2.13. The van der Waals surface area contributed by atoms with Gasteiger partial charge >= 0.3 is 5.69 Å². The first-order valence-corrected chi connectivity index (χ1v) is 7.01. The molecule has 0 saturated heterocycles. The molecule has 1 aromatic heterocycles. The van der Waals surface area contributed by atoms with E-state index in [0.29, 0.717) is 12.2 Å². The number of para-hydroxylation sites is 2. The van der Waals surface area contributed by atoms with Crippen molar-refractivity contribution in [2.24, 2.45) is 0 Å². The van der Waals surface area contributed by atoms with Crippen LogP contribution < -0.4 is 4.74 Å². The fourth-order valence-corrected chi connectivity index (χ4v) is 2.13. The molecule has 0 unspecified atom stereocenters. The topological polar surface area (TPSA) is 83.1 Å². The maximum atomic E-state index is 10.9. The van der Waals surface area contributed by atoms with Crippen LogP contribution in [0.1, 0.15) is 11.3 Å². The second-order valence-electron chi connectivity index (χ2n) is 4.91. The molecule has 2 aromatic carbocycles. The number of nitro groups is 1. The maximum Gasteiger partial charge on any atom is 0.310 e. The van der Waals surface area contributed by atoms with Crippen LogP contribution in [-0.4, -0.2) is 19.9 Å². The molecule has 0 fully saturated rings. The lowest BCUT2D eigenvalue weighted by Crippen LogP contribution is -2.00. The molecule has 0 N–H and O–H groups in total. The highest BCUT2D eigenvalue weighted by Crippen LogP contribution is 2.26. The predicted molar refractivity (Wildman–Crippen MR) is 83.0 cm³/mol. The van der Waals surface area contributed by atoms with Gasteiger partial charge in [0.1, 0.15) is 12.3 Å². The Morgan fingerprint density at radius 3 is 2.61 bits per heavy atom. The zero-order valence-corrected chi connectivity index (χ0v) is 12.2. The van der Waals surface area contributed by atoms with Crippen LogP contribution >= 0.6 is 0 Å². The Hall–Kier alpha value is -3.22. The Bertz CT molecular complexity index is 802. The van der Waals surface area contributed by atoms with Gasteiger partial charge in [-0.1, -0.05) is 47.7 Å². The average molecular weight is 310 g/mol. The van der Waals surface area contributed by atoms with Crippen LogP contribution in [0.5, 0.6) is 5.75 Å². The zero-order valence-electron chi connectivity index (χ0n) is 12.2. The van der Waals surface area contributed by atoms with Crippen LogP contribution in [0, 0.1) is 10.1 Å². The van der Waals surface area contributed by atoms with E-state index in [1.165, 1.54) is 6.07 Å². The second-order valence-corrected chi connectivity index (χ2v) is 4.91. The van der Waals surface area contributed by atoms with Crippen LogP contribution in [-0.2, 0) is 13.2 Å². The number of benzene rings is 2. The summed E-state index contributed by atoms with van der Waals surface area (Å²) >= 11 is 0. The summed E-state index contributed by atoms with van der Waals surface area (Å²) in [6.45, 7) is 0.735. The third-order valence-electron chi connectivity index (χ3n) is 3.21. The quantitative estimate of drug-likeness (QED) is 0.516. The van der Waals surface area contributed by atoms with Gasteiger partial charge in [-0.15, -0.1) is 5.10 Å². The highest BCUT2D eigenvalue weighted by Gasteiger charge is 2.14. The molecule has 3 aromatic rings. The molecule has 0 aliphatic heterocycles. The lowest BCUT2D eigenvalue weighted by atomic mass is 10.2. The van der Waals surface area contributed by atoms with Gasteiger partial charge in [0, 0.05) is 6.07 Å². The molecular weight excluding hydrogens is 296 g/mol. The van der Waals surface area contributed by atoms with Crippen molar-refractivity contribution < 1.29 is 9.66 Å². The first-order chi connectivity index (χ1) is 11.2. The van der Waals surface area contributed by atoms with Crippen LogP contribution in [0.3, 0.4) is 0 Å². The van der Waals surface area contributed by atoms with Crippen molar-refractivity contribution in [1.82, 2.24) is 15.0 Å². The second kappa shape index (κ2) is 6.69. The first kappa shape index (κ1) is 14.7. The monoisotopic (exact) mass is 310 g/mol. The van der Waals surface area contributed by atoms with Gasteiger partial charge in [-0.25, -0.2) is 4.68 Å². The van der Waals surface area contributed by atoms with Crippen molar-refractivity contribution in [3.63, 3.8) is 0 Å². The van der Waals surface area contributed by atoms with Crippen LogP contribution in [0.25, 0.3) is 0 Å². The minimum absolute atomic E-state index is 0.0656. The van der Waals surface area contributed by atoms with E-state index in [1.807, 2.05) is 30.3 Å². The molecule has 0 bridgehead atoms. The molecule has 0 amide bonds. The summed E-state index contributed by atoms with van der Waals surface area (Å²) in [5, 5.41) is 19.0. The summed E-state index contributed by atoms with van der Waals surface area (Å²) in [5.74, 6) is 0.218. The van der Waals surface area contributed by atoms with Gasteiger partial charge in [-0.05, 0) is 11.6 Å². The Labute approximate surface area is 132 Å². The van der Waals surface area contributed by atoms with Crippen LogP contribution in [0.15, 0.2) is 60.8 Å². The van der Waals surface area contributed by atoms with E-state index in [-0.39, 0.29) is 18.0 Å². The smallest absolute Gasteiger partial charge is 0.310 e. The Balaban J connectivity index is 1.65. The molecule has 0 aliphatic rings. The van der Waals surface area contributed by atoms with Crippen LogP contribution in [0.2, 0.25) is 0 Å². The normalized spacial score (nSPS) is 10.4. The molecule has 0 radical (unpaired) electrons. The van der Waals surface area contributed by atoms with E-state index in [9.17, 15) is 10.1 Å². The third kappa shape index (κ3) is 3.70. The van der Waals surface area contributed by atoms with Crippen molar-refractivity contribution in [2.75, 3.05) is 0 Å². The van der Waals surface area contributed by atoms with Crippen LogP contribution in [0.4, 0.5) is 5.69 Å². The summed E-state index contributed by atoms with van der Waals surface area (Å²) in [6.07, 6.45) is 1.77. The van der Waals surface area contributed by atoms with Crippen molar-refractivity contribution in [3.05, 3.63) is 82.2 Å². The summed E-state index contributed by atoms with van der Waals surface area (Å²) in [5.41, 5.74) is 1.66. The summed E-state index contributed by atoms with van der Waals surface area (Å²) in [6, 6.07) is 16.1. The van der Waals surface area contributed by atoms with Crippen molar-refractivity contribution in [3.8, 4) is 5.75 Å². The summed E-state index contributed by atoms with van der Waals surface area (Å²) < 4.78 is 7.19. The molecule has 23 heavy (non-hydrogen) atoms. The van der Waals surface area contributed by atoms with Gasteiger partial charge in [0.05, 0.1) is 17.7 Å². The van der Waals surface area contributed by atoms with Gasteiger partial charge in [-0.3, -0.25) is 10.1 Å². The molecule has 0 atom stereocenters. The molecule has 0 aliphatic carbocycles. The van der Waals surface area contributed by atoms with E-state index >= 15 is 0 Å². The number of aromatic nitrogens is 3. The molecule has 0 spiro atoms. The maximum absolute atomic E-state index is 10.9. The molecule has 1 heterocycles. The largest absolute Gasteiger partial charge is 0.480 e. The predicted octanol–water partition coefficient (Wildman–Crippen LogP) is 2.81. The third-order valence-corrected chi connectivity index (χ3v) is 3.21. The molecule has 7 heteroatoms. The minimum atomic E-state index is -0.471. The molecule has 3 rings (SSSR count). The Morgan fingerprint density at radius 1 is 1.09 bits per heavy atom. The van der Waals surface area contributed by atoms with Gasteiger partial charge in [0.25, 0.3) is 0 Å². The molecule has 0 saturated carbocycles.